The molecule has 0 amide bonds. The van der Waals surface area contributed by atoms with E-state index in [2.05, 4.69) is 0 Å². The zero-order valence-electron chi connectivity index (χ0n) is 11.8. The molecule has 1 saturated carbocycles. The lowest BCUT2D eigenvalue weighted by Gasteiger charge is -2.32. The van der Waals surface area contributed by atoms with E-state index in [1.54, 1.807) is 11.8 Å². The maximum absolute atomic E-state index is 12.5. The number of methoxy groups -OCH3 is 1. The van der Waals surface area contributed by atoms with E-state index in [4.69, 9.17) is 4.74 Å². The van der Waals surface area contributed by atoms with Crippen molar-refractivity contribution in [2.75, 3.05) is 7.11 Å². The van der Waals surface area contributed by atoms with Gasteiger partial charge >= 0.3 is 5.97 Å². The molecule has 1 aromatic carbocycles. The van der Waals surface area contributed by atoms with Crippen molar-refractivity contribution < 1.29 is 14.3 Å². The molecule has 0 bridgehead atoms. The van der Waals surface area contributed by atoms with E-state index in [1.165, 1.54) is 7.11 Å². The zero-order chi connectivity index (χ0) is 14.3. The molecule has 1 spiro atoms. The minimum Gasteiger partial charge on any atom is -0.465 e. The molecule has 2 aliphatic rings. The second kappa shape index (κ2) is 4.92. The molecular weight excluding hydrogens is 272 g/mol. The van der Waals surface area contributed by atoms with Gasteiger partial charge in [-0.2, -0.15) is 0 Å². The molecule has 0 aromatic heterocycles. The first-order chi connectivity index (χ1) is 9.55. The molecule has 1 aliphatic carbocycles. The molecule has 3 nitrogen and oxygen atoms in total. The number of hydrogen-bond acceptors (Lipinski definition) is 4. The first kappa shape index (κ1) is 13.7. The average molecular weight is 290 g/mol. The van der Waals surface area contributed by atoms with Crippen LogP contribution in [0, 0.1) is 6.92 Å². The largest absolute Gasteiger partial charge is 0.465 e. The van der Waals surface area contributed by atoms with Gasteiger partial charge in [-0.05, 0) is 43.0 Å². The summed E-state index contributed by atoms with van der Waals surface area (Å²) in [6.45, 7) is 1.92. The van der Waals surface area contributed by atoms with Crippen LogP contribution in [-0.4, -0.2) is 23.6 Å². The lowest BCUT2D eigenvalue weighted by molar-refractivity contribution is -0.120. The topological polar surface area (TPSA) is 43.4 Å². The number of Topliss-reactive ketones (excluding diaryl/α,β-unsaturated/α-hetero) is 1. The third-order valence-corrected chi connectivity index (χ3v) is 6.02. The molecule has 1 heterocycles. The van der Waals surface area contributed by atoms with Gasteiger partial charge in [-0.15, -0.1) is 11.8 Å². The first-order valence-corrected chi connectivity index (χ1v) is 7.81. The number of aryl methyl sites for hydroxylation is 1. The number of ketones is 1. The maximum atomic E-state index is 12.5. The molecule has 4 heteroatoms. The van der Waals surface area contributed by atoms with Crippen LogP contribution in [0.15, 0.2) is 17.0 Å². The van der Waals surface area contributed by atoms with Crippen LogP contribution in [0.25, 0.3) is 0 Å². The highest BCUT2D eigenvalue weighted by Crippen LogP contribution is 2.50. The molecule has 1 aliphatic heterocycles. The Morgan fingerprint density at radius 3 is 2.65 bits per heavy atom. The SMILES string of the molecule is COC(=O)c1cc2c(cc1C)SC1(CCCC1)C(=O)C2. The molecule has 1 aromatic rings. The van der Waals surface area contributed by atoms with Crippen LogP contribution in [0.5, 0.6) is 0 Å². The Balaban J connectivity index is 2.01. The predicted octanol–water partition coefficient (Wildman–Crippen LogP) is 3.31. The Morgan fingerprint density at radius 2 is 2.00 bits per heavy atom. The highest BCUT2D eigenvalue weighted by atomic mass is 32.2. The van der Waals surface area contributed by atoms with Crippen LogP contribution in [0.2, 0.25) is 0 Å². The third kappa shape index (κ3) is 2.06. The first-order valence-electron chi connectivity index (χ1n) is 7.00. The zero-order valence-corrected chi connectivity index (χ0v) is 12.6. The highest BCUT2D eigenvalue weighted by Gasteiger charge is 2.44. The van der Waals surface area contributed by atoms with Gasteiger partial charge in [-0.25, -0.2) is 4.79 Å². The summed E-state index contributed by atoms with van der Waals surface area (Å²) in [4.78, 5) is 25.4. The Hall–Kier alpha value is -1.29. The van der Waals surface area contributed by atoms with Crippen LogP contribution in [0.1, 0.15) is 47.2 Å². The summed E-state index contributed by atoms with van der Waals surface area (Å²) in [5.74, 6) is -0.00364. The van der Waals surface area contributed by atoms with Crippen molar-refractivity contribution in [3.8, 4) is 0 Å². The lowest BCUT2D eigenvalue weighted by atomic mass is 9.93. The highest BCUT2D eigenvalue weighted by molar-refractivity contribution is 8.01. The number of fused-ring (bicyclic) bond motifs is 1. The van der Waals surface area contributed by atoms with Crippen molar-refractivity contribution in [2.24, 2.45) is 0 Å². The summed E-state index contributed by atoms with van der Waals surface area (Å²) in [6, 6.07) is 3.88. The van der Waals surface area contributed by atoms with Crippen molar-refractivity contribution in [1.29, 1.82) is 0 Å². The van der Waals surface area contributed by atoms with Crippen LogP contribution < -0.4 is 0 Å². The van der Waals surface area contributed by atoms with Gasteiger partial charge in [0, 0.05) is 11.3 Å². The summed E-state index contributed by atoms with van der Waals surface area (Å²) in [5.41, 5.74) is 2.47. The number of thioether (sulfide) groups is 1. The standard InChI is InChI=1S/C16H18O3S/c1-10-7-13-11(8-12(10)15(18)19-2)9-14(17)16(20-13)5-3-4-6-16/h7-8H,3-6,9H2,1-2H3. The van der Waals surface area contributed by atoms with Gasteiger partial charge in [0.25, 0.3) is 0 Å². The molecule has 106 valence electrons. The number of carbonyl (C=O) groups excluding carboxylic acids is 2. The fourth-order valence-corrected chi connectivity index (χ4v) is 4.82. The van der Waals surface area contributed by atoms with E-state index < -0.39 is 0 Å². The second-order valence-corrected chi connectivity index (χ2v) is 7.10. The van der Waals surface area contributed by atoms with Crippen molar-refractivity contribution in [2.45, 2.75) is 48.7 Å². The number of rotatable bonds is 1. The summed E-state index contributed by atoms with van der Waals surface area (Å²) in [5, 5.41) is 0. The number of benzene rings is 1. The number of carbonyl (C=O) groups is 2. The molecule has 0 saturated heterocycles. The molecule has 0 radical (unpaired) electrons. The Bertz CT molecular complexity index is 586. The minimum atomic E-state index is -0.330. The molecule has 3 rings (SSSR count). The fraction of sp³-hybridized carbons (Fsp3) is 0.500. The number of esters is 1. The van der Waals surface area contributed by atoms with Crippen molar-refractivity contribution >= 4 is 23.5 Å². The van der Waals surface area contributed by atoms with Crippen molar-refractivity contribution in [1.82, 2.24) is 0 Å². The number of ether oxygens (including phenoxy) is 1. The summed E-state index contributed by atoms with van der Waals surface area (Å²) >= 11 is 1.72. The van der Waals surface area contributed by atoms with Crippen LogP contribution >= 0.6 is 11.8 Å². The average Bonchev–Trinajstić information content (AvgIpc) is 2.89. The quantitative estimate of drug-likeness (QED) is 0.744. The van der Waals surface area contributed by atoms with Gasteiger partial charge in [0.05, 0.1) is 17.4 Å². The number of hydrogen-bond donors (Lipinski definition) is 0. The van der Waals surface area contributed by atoms with Crippen LogP contribution in [-0.2, 0) is 16.0 Å². The van der Waals surface area contributed by atoms with E-state index in [1.807, 2.05) is 19.1 Å². The molecule has 1 fully saturated rings. The Labute approximate surface area is 123 Å². The third-order valence-electron chi connectivity index (χ3n) is 4.39. The summed E-state index contributed by atoms with van der Waals surface area (Å²) in [6.07, 6.45) is 4.73. The molecule has 0 atom stereocenters. The molecule has 0 unspecified atom stereocenters. The smallest absolute Gasteiger partial charge is 0.338 e. The van der Waals surface area contributed by atoms with E-state index >= 15 is 0 Å². The van der Waals surface area contributed by atoms with Crippen LogP contribution in [0.3, 0.4) is 0 Å². The van der Waals surface area contributed by atoms with Gasteiger partial charge in [-0.1, -0.05) is 12.8 Å². The summed E-state index contributed by atoms with van der Waals surface area (Å²) < 4.78 is 4.61. The predicted molar refractivity (Wildman–Crippen MR) is 78.3 cm³/mol. The van der Waals surface area contributed by atoms with E-state index in [0.717, 1.165) is 41.7 Å². The molecular formula is C16H18O3S. The van der Waals surface area contributed by atoms with Gasteiger partial charge < -0.3 is 4.74 Å². The Kier molecular flexibility index (Phi) is 3.36. The van der Waals surface area contributed by atoms with E-state index in [0.29, 0.717) is 17.8 Å². The van der Waals surface area contributed by atoms with Gasteiger partial charge in [0.2, 0.25) is 0 Å². The fourth-order valence-electron chi connectivity index (χ4n) is 3.22. The minimum absolute atomic E-state index is 0.188. The summed E-state index contributed by atoms with van der Waals surface area (Å²) in [7, 11) is 1.38. The van der Waals surface area contributed by atoms with Crippen molar-refractivity contribution in [3.05, 3.63) is 28.8 Å². The van der Waals surface area contributed by atoms with E-state index in [-0.39, 0.29) is 10.7 Å². The second-order valence-electron chi connectivity index (χ2n) is 5.67. The Morgan fingerprint density at radius 1 is 1.30 bits per heavy atom. The lowest BCUT2D eigenvalue weighted by Crippen LogP contribution is -2.36. The van der Waals surface area contributed by atoms with Gasteiger partial charge in [-0.3, -0.25) is 4.79 Å². The molecule has 0 N–H and O–H groups in total. The molecule has 20 heavy (non-hydrogen) atoms. The van der Waals surface area contributed by atoms with Gasteiger partial charge in [0.15, 0.2) is 5.78 Å². The monoisotopic (exact) mass is 290 g/mol. The van der Waals surface area contributed by atoms with E-state index in [9.17, 15) is 9.59 Å². The van der Waals surface area contributed by atoms with Crippen molar-refractivity contribution in [3.63, 3.8) is 0 Å². The normalized spacial score (nSPS) is 20.0. The van der Waals surface area contributed by atoms with Gasteiger partial charge in [0.1, 0.15) is 0 Å². The maximum Gasteiger partial charge on any atom is 0.338 e. The van der Waals surface area contributed by atoms with Crippen LogP contribution in [0.4, 0.5) is 0 Å².